The van der Waals surface area contributed by atoms with Crippen LogP contribution in [-0.4, -0.2) is 16.5 Å². The molecule has 0 spiro atoms. The highest BCUT2D eigenvalue weighted by Gasteiger charge is 2.13. The van der Waals surface area contributed by atoms with E-state index in [0.717, 1.165) is 29.4 Å². The Balaban J connectivity index is 2.03. The Kier molecular flexibility index (Phi) is 4.38. The van der Waals surface area contributed by atoms with Crippen molar-refractivity contribution < 1.29 is 0 Å². The molecule has 106 valence electrons. The molecule has 3 aromatic rings. The second-order valence-corrected chi connectivity index (χ2v) is 5.68. The third-order valence-corrected chi connectivity index (χ3v) is 4.40. The standard InChI is InChI=1S/C17H17N3S/c1-2-18-12-15-16(13-6-4-3-5-7-13)21-17(20-15)14-8-10-19-11-9-14/h3-11,18H,2,12H2,1H3. The lowest BCUT2D eigenvalue weighted by Crippen LogP contribution is -2.12. The average Bonchev–Trinajstić information content (AvgIpc) is 2.99. The number of hydrogen-bond donors (Lipinski definition) is 1. The van der Waals surface area contributed by atoms with Crippen LogP contribution in [0.2, 0.25) is 0 Å². The van der Waals surface area contributed by atoms with Gasteiger partial charge in [0.1, 0.15) is 5.01 Å². The Morgan fingerprint density at radius 3 is 2.48 bits per heavy atom. The van der Waals surface area contributed by atoms with Crippen LogP contribution in [0.4, 0.5) is 0 Å². The first-order valence-electron chi connectivity index (χ1n) is 7.04. The first kappa shape index (κ1) is 13.9. The van der Waals surface area contributed by atoms with Crippen molar-refractivity contribution in [2.75, 3.05) is 6.54 Å². The van der Waals surface area contributed by atoms with Crippen molar-refractivity contribution >= 4 is 11.3 Å². The van der Waals surface area contributed by atoms with E-state index >= 15 is 0 Å². The Bertz CT molecular complexity index is 693. The molecule has 1 N–H and O–H groups in total. The zero-order valence-corrected chi connectivity index (χ0v) is 12.7. The van der Waals surface area contributed by atoms with Crippen molar-refractivity contribution in [2.45, 2.75) is 13.5 Å². The topological polar surface area (TPSA) is 37.8 Å². The molecule has 3 nitrogen and oxygen atoms in total. The molecule has 0 aliphatic rings. The smallest absolute Gasteiger partial charge is 0.124 e. The van der Waals surface area contributed by atoms with Crippen molar-refractivity contribution in [3.63, 3.8) is 0 Å². The van der Waals surface area contributed by atoms with Gasteiger partial charge in [-0.2, -0.15) is 0 Å². The van der Waals surface area contributed by atoms with Crippen molar-refractivity contribution in [2.24, 2.45) is 0 Å². The third kappa shape index (κ3) is 3.17. The van der Waals surface area contributed by atoms with E-state index in [0.29, 0.717) is 0 Å². The lowest BCUT2D eigenvalue weighted by Gasteiger charge is -2.02. The molecule has 2 heterocycles. The van der Waals surface area contributed by atoms with Crippen molar-refractivity contribution in [1.82, 2.24) is 15.3 Å². The lowest BCUT2D eigenvalue weighted by molar-refractivity contribution is 0.716. The number of aromatic nitrogens is 2. The summed E-state index contributed by atoms with van der Waals surface area (Å²) in [6.45, 7) is 3.84. The van der Waals surface area contributed by atoms with Gasteiger partial charge in [-0.1, -0.05) is 37.3 Å². The third-order valence-electron chi connectivity index (χ3n) is 3.20. The van der Waals surface area contributed by atoms with E-state index in [-0.39, 0.29) is 0 Å². The van der Waals surface area contributed by atoms with Gasteiger partial charge in [-0.3, -0.25) is 4.98 Å². The summed E-state index contributed by atoms with van der Waals surface area (Å²) < 4.78 is 0. The first-order chi connectivity index (χ1) is 10.4. The quantitative estimate of drug-likeness (QED) is 0.773. The van der Waals surface area contributed by atoms with Crippen LogP contribution in [-0.2, 0) is 6.54 Å². The summed E-state index contributed by atoms with van der Waals surface area (Å²) >= 11 is 1.74. The Morgan fingerprint density at radius 2 is 1.76 bits per heavy atom. The van der Waals surface area contributed by atoms with Crippen LogP contribution in [0.3, 0.4) is 0 Å². The van der Waals surface area contributed by atoms with Gasteiger partial charge in [0.05, 0.1) is 10.6 Å². The fourth-order valence-corrected chi connectivity index (χ4v) is 3.24. The molecule has 0 atom stereocenters. The highest BCUT2D eigenvalue weighted by molar-refractivity contribution is 7.18. The second-order valence-electron chi connectivity index (χ2n) is 4.68. The van der Waals surface area contributed by atoms with E-state index in [4.69, 9.17) is 4.98 Å². The summed E-state index contributed by atoms with van der Waals surface area (Å²) in [6.07, 6.45) is 3.62. The lowest BCUT2D eigenvalue weighted by atomic mass is 10.1. The summed E-state index contributed by atoms with van der Waals surface area (Å²) in [5.74, 6) is 0. The van der Waals surface area contributed by atoms with Gasteiger partial charge in [0.2, 0.25) is 0 Å². The summed E-state index contributed by atoms with van der Waals surface area (Å²) in [4.78, 5) is 10.1. The molecule has 0 aliphatic carbocycles. The molecule has 3 rings (SSSR count). The fraction of sp³-hybridized carbons (Fsp3) is 0.176. The average molecular weight is 295 g/mol. The van der Waals surface area contributed by atoms with Gasteiger partial charge in [0, 0.05) is 24.5 Å². The molecule has 0 unspecified atom stereocenters. The van der Waals surface area contributed by atoms with Crippen LogP contribution >= 0.6 is 11.3 Å². The monoisotopic (exact) mass is 295 g/mol. The molecule has 0 aliphatic heterocycles. The minimum absolute atomic E-state index is 0.794. The van der Waals surface area contributed by atoms with E-state index < -0.39 is 0 Å². The predicted molar refractivity (Wildman–Crippen MR) is 88.2 cm³/mol. The van der Waals surface area contributed by atoms with Gasteiger partial charge < -0.3 is 5.32 Å². The molecule has 0 fully saturated rings. The molecule has 21 heavy (non-hydrogen) atoms. The fourth-order valence-electron chi connectivity index (χ4n) is 2.15. The normalized spacial score (nSPS) is 10.7. The Hall–Kier alpha value is -2.04. The summed E-state index contributed by atoms with van der Waals surface area (Å²) in [5, 5.41) is 4.42. The van der Waals surface area contributed by atoms with Gasteiger partial charge in [0.25, 0.3) is 0 Å². The Morgan fingerprint density at radius 1 is 1.00 bits per heavy atom. The predicted octanol–water partition coefficient (Wildman–Crippen LogP) is 3.98. The van der Waals surface area contributed by atoms with Crippen LogP contribution in [0, 0.1) is 0 Å². The molecule has 0 saturated heterocycles. The number of nitrogens with zero attached hydrogens (tertiary/aromatic N) is 2. The molecule has 0 radical (unpaired) electrons. The zero-order valence-electron chi connectivity index (χ0n) is 11.9. The summed E-state index contributed by atoms with van der Waals surface area (Å²) in [5.41, 5.74) is 3.46. The highest BCUT2D eigenvalue weighted by Crippen LogP contribution is 2.35. The number of thiazole rings is 1. The first-order valence-corrected chi connectivity index (χ1v) is 7.86. The van der Waals surface area contributed by atoms with Crippen LogP contribution in [0.15, 0.2) is 54.9 Å². The second kappa shape index (κ2) is 6.61. The van der Waals surface area contributed by atoms with Gasteiger partial charge >= 0.3 is 0 Å². The van der Waals surface area contributed by atoms with E-state index in [2.05, 4.69) is 41.5 Å². The van der Waals surface area contributed by atoms with Crippen molar-refractivity contribution in [3.05, 3.63) is 60.6 Å². The highest BCUT2D eigenvalue weighted by atomic mass is 32.1. The minimum Gasteiger partial charge on any atom is -0.311 e. The van der Waals surface area contributed by atoms with E-state index in [1.54, 1.807) is 11.3 Å². The number of hydrogen-bond acceptors (Lipinski definition) is 4. The van der Waals surface area contributed by atoms with Gasteiger partial charge in [-0.05, 0) is 24.2 Å². The number of benzene rings is 1. The van der Waals surface area contributed by atoms with Crippen LogP contribution in [0.5, 0.6) is 0 Å². The van der Waals surface area contributed by atoms with Crippen LogP contribution < -0.4 is 5.32 Å². The van der Waals surface area contributed by atoms with Gasteiger partial charge in [-0.15, -0.1) is 11.3 Å². The molecule has 1 aromatic carbocycles. The van der Waals surface area contributed by atoms with E-state index in [9.17, 15) is 0 Å². The van der Waals surface area contributed by atoms with Gasteiger partial charge in [0.15, 0.2) is 0 Å². The number of pyridine rings is 1. The molecule has 4 heteroatoms. The number of rotatable bonds is 5. The Labute approximate surface area is 128 Å². The van der Waals surface area contributed by atoms with Gasteiger partial charge in [-0.25, -0.2) is 4.98 Å². The minimum atomic E-state index is 0.794. The molecular formula is C17H17N3S. The largest absolute Gasteiger partial charge is 0.311 e. The molecule has 0 amide bonds. The van der Waals surface area contributed by atoms with Crippen LogP contribution in [0.25, 0.3) is 21.0 Å². The van der Waals surface area contributed by atoms with E-state index in [1.807, 2.05) is 30.6 Å². The maximum atomic E-state index is 4.82. The van der Waals surface area contributed by atoms with Crippen molar-refractivity contribution in [1.29, 1.82) is 0 Å². The van der Waals surface area contributed by atoms with Crippen LogP contribution in [0.1, 0.15) is 12.6 Å². The summed E-state index contributed by atoms with van der Waals surface area (Å²) in [6, 6.07) is 14.5. The number of nitrogens with one attached hydrogen (secondary N) is 1. The molecule has 2 aromatic heterocycles. The molecular weight excluding hydrogens is 278 g/mol. The summed E-state index contributed by atoms with van der Waals surface area (Å²) in [7, 11) is 0. The zero-order chi connectivity index (χ0) is 14.5. The molecule has 0 saturated carbocycles. The van der Waals surface area contributed by atoms with Crippen molar-refractivity contribution in [3.8, 4) is 21.0 Å². The SMILES string of the molecule is CCNCc1nc(-c2ccncc2)sc1-c1ccccc1. The van der Waals surface area contributed by atoms with E-state index in [1.165, 1.54) is 10.4 Å². The maximum absolute atomic E-state index is 4.82. The maximum Gasteiger partial charge on any atom is 0.124 e. The molecule has 0 bridgehead atoms.